The lowest BCUT2D eigenvalue weighted by atomic mass is 10.2. The molecular formula is C15H14ClN3S. The summed E-state index contributed by atoms with van der Waals surface area (Å²) in [5.74, 6) is 0. The van der Waals surface area contributed by atoms with Crippen LogP contribution in [-0.2, 0) is 6.54 Å². The van der Waals surface area contributed by atoms with Gasteiger partial charge in [-0.2, -0.15) is 0 Å². The van der Waals surface area contributed by atoms with E-state index in [4.69, 9.17) is 11.6 Å². The van der Waals surface area contributed by atoms with E-state index < -0.39 is 0 Å². The molecule has 5 heteroatoms. The molecule has 2 N–H and O–H groups in total. The first kappa shape index (κ1) is 13.5. The molecule has 0 saturated carbocycles. The topological polar surface area (TPSA) is 40.7 Å². The summed E-state index contributed by atoms with van der Waals surface area (Å²) in [6.07, 6.45) is 0. The van der Waals surface area contributed by atoms with Crippen LogP contribution < -0.4 is 5.32 Å². The van der Waals surface area contributed by atoms with Gasteiger partial charge in [0.15, 0.2) is 5.16 Å². The summed E-state index contributed by atoms with van der Waals surface area (Å²) in [6, 6.07) is 14.1. The van der Waals surface area contributed by atoms with E-state index in [0.29, 0.717) is 0 Å². The highest BCUT2D eigenvalue weighted by Gasteiger charge is 2.08. The zero-order chi connectivity index (χ0) is 13.9. The lowest BCUT2D eigenvalue weighted by Crippen LogP contribution is -2.04. The number of para-hydroxylation sites is 2. The number of H-pyrrole nitrogens is 1. The molecule has 0 saturated heterocycles. The number of hydrogen-bond acceptors (Lipinski definition) is 3. The molecule has 0 unspecified atom stereocenters. The van der Waals surface area contributed by atoms with Crippen LogP contribution in [0.4, 0.5) is 0 Å². The molecule has 0 atom stereocenters. The highest BCUT2D eigenvalue weighted by molar-refractivity contribution is 7.99. The van der Waals surface area contributed by atoms with Crippen LogP contribution >= 0.6 is 23.4 Å². The maximum atomic E-state index is 6.32. The quantitative estimate of drug-likeness (QED) is 0.763. The van der Waals surface area contributed by atoms with Crippen molar-refractivity contribution in [3.8, 4) is 0 Å². The van der Waals surface area contributed by atoms with Gasteiger partial charge >= 0.3 is 0 Å². The molecule has 20 heavy (non-hydrogen) atoms. The van der Waals surface area contributed by atoms with Gasteiger partial charge in [0.25, 0.3) is 0 Å². The van der Waals surface area contributed by atoms with Crippen LogP contribution in [0.2, 0.25) is 5.02 Å². The normalized spacial score (nSPS) is 11.1. The van der Waals surface area contributed by atoms with Crippen molar-refractivity contribution in [3.05, 3.63) is 53.1 Å². The Hall–Kier alpha value is -1.49. The molecule has 3 rings (SSSR count). The SMILES string of the molecule is CNCc1ccc(Sc2nc3ccccc3[nH]2)c(Cl)c1. The summed E-state index contributed by atoms with van der Waals surface area (Å²) in [6.45, 7) is 0.815. The van der Waals surface area contributed by atoms with Gasteiger partial charge in [-0.25, -0.2) is 4.98 Å². The molecule has 0 amide bonds. The summed E-state index contributed by atoms with van der Waals surface area (Å²) in [5.41, 5.74) is 3.18. The largest absolute Gasteiger partial charge is 0.333 e. The van der Waals surface area contributed by atoms with Gasteiger partial charge in [0.1, 0.15) is 0 Å². The summed E-state index contributed by atoms with van der Waals surface area (Å²) < 4.78 is 0. The van der Waals surface area contributed by atoms with Crippen LogP contribution in [0.3, 0.4) is 0 Å². The third kappa shape index (κ3) is 2.82. The van der Waals surface area contributed by atoms with Crippen molar-refractivity contribution in [2.45, 2.75) is 16.6 Å². The molecule has 0 bridgehead atoms. The second kappa shape index (κ2) is 5.87. The lowest BCUT2D eigenvalue weighted by Gasteiger charge is -2.05. The number of aromatic amines is 1. The Balaban J connectivity index is 1.86. The second-order valence-electron chi connectivity index (χ2n) is 4.46. The predicted molar refractivity (Wildman–Crippen MR) is 84.4 cm³/mol. The predicted octanol–water partition coefficient (Wildman–Crippen LogP) is 4.09. The molecule has 0 aliphatic heterocycles. The minimum atomic E-state index is 0.753. The van der Waals surface area contributed by atoms with Crippen LogP contribution in [0.1, 0.15) is 5.56 Å². The molecule has 3 aromatic rings. The maximum Gasteiger partial charge on any atom is 0.171 e. The van der Waals surface area contributed by atoms with Crippen LogP contribution in [0.25, 0.3) is 11.0 Å². The third-order valence-corrected chi connectivity index (χ3v) is 4.34. The zero-order valence-electron chi connectivity index (χ0n) is 11.0. The standard InChI is InChI=1S/C15H14ClN3S/c1-17-9-10-6-7-14(11(16)8-10)20-15-18-12-4-2-3-5-13(12)19-15/h2-8,17H,9H2,1H3,(H,18,19). The van der Waals surface area contributed by atoms with Gasteiger partial charge in [0, 0.05) is 11.4 Å². The summed E-state index contributed by atoms with van der Waals surface area (Å²) in [4.78, 5) is 8.84. The number of benzene rings is 2. The molecule has 3 nitrogen and oxygen atoms in total. The highest BCUT2D eigenvalue weighted by Crippen LogP contribution is 2.33. The fraction of sp³-hybridized carbons (Fsp3) is 0.133. The minimum Gasteiger partial charge on any atom is -0.333 e. The number of nitrogens with one attached hydrogen (secondary N) is 2. The Kier molecular flexibility index (Phi) is 3.96. The number of rotatable bonds is 4. The maximum absolute atomic E-state index is 6.32. The van der Waals surface area contributed by atoms with Gasteiger partial charge < -0.3 is 10.3 Å². The number of nitrogens with zero attached hydrogens (tertiary/aromatic N) is 1. The van der Waals surface area contributed by atoms with Crippen LogP contribution in [0.15, 0.2) is 52.5 Å². The highest BCUT2D eigenvalue weighted by atomic mass is 35.5. The fourth-order valence-electron chi connectivity index (χ4n) is 2.02. The van der Waals surface area contributed by atoms with E-state index in [-0.39, 0.29) is 0 Å². The Morgan fingerprint density at radius 1 is 1.25 bits per heavy atom. The van der Waals surface area contributed by atoms with Gasteiger partial charge in [-0.3, -0.25) is 0 Å². The van der Waals surface area contributed by atoms with E-state index in [9.17, 15) is 0 Å². The van der Waals surface area contributed by atoms with Gasteiger partial charge in [-0.15, -0.1) is 0 Å². The zero-order valence-corrected chi connectivity index (χ0v) is 12.6. The van der Waals surface area contributed by atoms with E-state index in [1.807, 2.05) is 43.4 Å². The molecule has 0 radical (unpaired) electrons. The number of aromatic nitrogens is 2. The average molecular weight is 304 g/mol. The molecule has 0 spiro atoms. The van der Waals surface area contributed by atoms with Crippen molar-refractivity contribution < 1.29 is 0 Å². The molecule has 2 aromatic carbocycles. The Bertz CT molecular complexity index is 706. The number of fused-ring (bicyclic) bond motifs is 1. The van der Waals surface area contributed by atoms with Gasteiger partial charge in [0.05, 0.1) is 16.1 Å². The molecule has 1 heterocycles. The molecule has 0 aliphatic rings. The lowest BCUT2D eigenvalue weighted by molar-refractivity contribution is 0.817. The Morgan fingerprint density at radius 2 is 2.10 bits per heavy atom. The van der Waals surface area contributed by atoms with Crippen molar-refractivity contribution in [1.29, 1.82) is 0 Å². The second-order valence-corrected chi connectivity index (χ2v) is 5.89. The van der Waals surface area contributed by atoms with Crippen LogP contribution in [0, 0.1) is 0 Å². The number of halogens is 1. The summed E-state index contributed by atoms with van der Waals surface area (Å²) in [5, 5.41) is 4.72. The van der Waals surface area contributed by atoms with E-state index in [1.165, 1.54) is 5.56 Å². The van der Waals surface area contributed by atoms with Gasteiger partial charge in [0.2, 0.25) is 0 Å². The van der Waals surface area contributed by atoms with E-state index in [2.05, 4.69) is 21.4 Å². The van der Waals surface area contributed by atoms with Crippen LogP contribution in [0.5, 0.6) is 0 Å². The first-order chi connectivity index (χ1) is 9.76. The molecule has 1 aromatic heterocycles. The van der Waals surface area contributed by atoms with Crippen molar-refractivity contribution >= 4 is 34.4 Å². The summed E-state index contributed by atoms with van der Waals surface area (Å²) >= 11 is 7.87. The molecular weight excluding hydrogens is 290 g/mol. The molecule has 0 aliphatic carbocycles. The molecule has 102 valence electrons. The van der Waals surface area contributed by atoms with Crippen LogP contribution in [-0.4, -0.2) is 17.0 Å². The minimum absolute atomic E-state index is 0.753. The summed E-state index contributed by atoms with van der Waals surface area (Å²) in [7, 11) is 1.92. The van der Waals surface area contributed by atoms with Crippen molar-refractivity contribution in [2.75, 3.05) is 7.05 Å². The third-order valence-electron chi connectivity index (χ3n) is 2.95. The number of imidazole rings is 1. The van der Waals surface area contributed by atoms with E-state index in [1.54, 1.807) is 11.8 Å². The Morgan fingerprint density at radius 3 is 2.85 bits per heavy atom. The van der Waals surface area contributed by atoms with Crippen molar-refractivity contribution in [3.63, 3.8) is 0 Å². The van der Waals surface area contributed by atoms with Crippen molar-refractivity contribution in [1.82, 2.24) is 15.3 Å². The smallest absolute Gasteiger partial charge is 0.171 e. The Labute approximate surface area is 126 Å². The van der Waals surface area contributed by atoms with E-state index >= 15 is 0 Å². The van der Waals surface area contributed by atoms with Gasteiger partial charge in [-0.1, -0.05) is 41.6 Å². The average Bonchev–Trinajstić information content (AvgIpc) is 2.84. The van der Waals surface area contributed by atoms with Crippen molar-refractivity contribution in [2.24, 2.45) is 0 Å². The monoisotopic (exact) mass is 303 g/mol. The molecule has 0 fully saturated rings. The fourth-order valence-corrected chi connectivity index (χ4v) is 3.15. The first-order valence-electron chi connectivity index (χ1n) is 6.32. The van der Waals surface area contributed by atoms with E-state index in [0.717, 1.165) is 32.7 Å². The first-order valence-corrected chi connectivity index (χ1v) is 7.51. The van der Waals surface area contributed by atoms with Gasteiger partial charge in [-0.05, 0) is 36.9 Å². The number of hydrogen-bond donors (Lipinski definition) is 2.